The van der Waals surface area contributed by atoms with Gasteiger partial charge in [0.25, 0.3) is 0 Å². The van der Waals surface area contributed by atoms with Crippen molar-refractivity contribution in [2.24, 2.45) is 5.73 Å². The summed E-state index contributed by atoms with van der Waals surface area (Å²) in [7, 11) is 0. The van der Waals surface area contributed by atoms with E-state index in [2.05, 4.69) is 24.3 Å². The summed E-state index contributed by atoms with van der Waals surface area (Å²) in [5.41, 5.74) is 8.72. The fourth-order valence-corrected chi connectivity index (χ4v) is 3.46. The van der Waals surface area contributed by atoms with Crippen LogP contribution in [0.1, 0.15) is 43.4 Å². The molecule has 1 fully saturated rings. The summed E-state index contributed by atoms with van der Waals surface area (Å²) in [5, 5.41) is 1.27. The molecule has 1 aromatic carbocycles. The van der Waals surface area contributed by atoms with Gasteiger partial charge in [0.2, 0.25) is 0 Å². The van der Waals surface area contributed by atoms with Crippen LogP contribution >= 0.6 is 0 Å². The summed E-state index contributed by atoms with van der Waals surface area (Å²) in [5.74, 6) is 0.987. The molecule has 2 heteroatoms. The third-order valence-electron chi connectivity index (χ3n) is 4.46. The van der Waals surface area contributed by atoms with Crippen LogP contribution < -0.4 is 5.73 Å². The zero-order chi connectivity index (χ0) is 12.6. The first-order chi connectivity index (χ1) is 8.75. The lowest BCUT2D eigenvalue weighted by Gasteiger charge is -2.37. The fourth-order valence-electron chi connectivity index (χ4n) is 3.46. The number of hydrogen-bond donors (Lipinski definition) is 1. The van der Waals surface area contributed by atoms with E-state index in [1.807, 2.05) is 6.92 Å². The standard InChI is InChI=1S/C16H21NO/c1-12-10-13-14(6-5-7-15(13)18-12)16(11-17)8-3-2-4-9-16/h5-7,10H,2-4,8-9,11,17H2,1H3. The molecule has 1 aliphatic rings. The van der Waals surface area contributed by atoms with Gasteiger partial charge in [0.15, 0.2) is 0 Å². The van der Waals surface area contributed by atoms with Crippen LogP contribution in [0.3, 0.4) is 0 Å². The van der Waals surface area contributed by atoms with Crippen LogP contribution in [0.2, 0.25) is 0 Å². The molecule has 0 atom stereocenters. The number of furan rings is 1. The van der Waals surface area contributed by atoms with Gasteiger partial charge in [-0.15, -0.1) is 0 Å². The van der Waals surface area contributed by atoms with Gasteiger partial charge in [-0.25, -0.2) is 0 Å². The Morgan fingerprint density at radius 2 is 2.00 bits per heavy atom. The van der Waals surface area contributed by atoms with Gasteiger partial charge in [-0.1, -0.05) is 31.4 Å². The van der Waals surface area contributed by atoms with Crippen molar-refractivity contribution in [1.29, 1.82) is 0 Å². The normalized spacial score (nSPS) is 19.2. The van der Waals surface area contributed by atoms with Crippen molar-refractivity contribution in [2.45, 2.75) is 44.4 Å². The molecule has 2 nitrogen and oxygen atoms in total. The SMILES string of the molecule is Cc1cc2c(C3(CN)CCCCC3)cccc2o1. The molecule has 1 saturated carbocycles. The predicted molar refractivity (Wildman–Crippen MR) is 74.8 cm³/mol. The number of aryl methyl sites for hydroxylation is 1. The van der Waals surface area contributed by atoms with Gasteiger partial charge < -0.3 is 10.2 Å². The summed E-state index contributed by atoms with van der Waals surface area (Å²) in [6, 6.07) is 8.57. The minimum Gasteiger partial charge on any atom is -0.461 e. The third-order valence-corrected chi connectivity index (χ3v) is 4.46. The Kier molecular flexibility index (Phi) is 2.90. The van der Waals surface area contributed by atoms with Gasteiger partial charge in [-0.3, -0.25) is 0 Å². The van der Waals surface area contributed by atoms with Crippen LogP contribution in [0.4, 0.5) is 0 Å². The van der Waals surface area contributed by atoms with Gasteiger partial charge in [-0.2, -0.15) is 0 Å². The van der Waals surface area contributed by atoms with E-state index in [9.17, 15) is 0 Å². The second-order valence-electron chi connectivity index (χ2n) is 5.62. The molecule has 0 radical (unpaired) electrons. The molecule has 0 spiro atoms. The van der Waals surface area contributed by atoms with Crippen molar-refractivity contribution in [2.75, 3.05) is 6.54 Å². The zero-order valence-electron chi connectivity index (χ0n) is 11.0. The van der Waals surface area contributed by atoms with Crippen LogP contribution in [-0.2, 0) is 5.41 Å². The first kappa shape index (κ1) is 11.8. The highest BCUT2D eigenvalue weighted by Gasteiger charge is 2.34. The van der Waals surface area contributed by atoms with E-state index in [-0.39, 0.29) is 5.41 Å². The Morgan fingerprint density at radius 3 is 2.72 bits per heavy atom. The average molecular weight is 243 g/mol. The van der Waals surface area contributed by atoms with E-state index < -0.39 is 0 Å². The van der Waals surface area contributed by atoms with Gasteiger partial charge >= 0.3 is 0 Å². The first-order valence-electron chi connectivity index (χ1n) is 6.95. The summed E-state index contributed by atoms with van der Waals surface area (Å²) in [6.45, 7) is 2.76. The monoisotopic (exact) mass is 243 g/mol. The second kappa shape index (κ2) is 4.43. The molecule has 0 saturated heterocycles. The van der Waals surface area contributed by atoms with Gasteiger partial charge in [-0.05, 0) is 37.5 Å². The molecule has 2 aromatic rings. The Balaban J connectivity index is 2.16. The lowest BCUT2D eigenvalue weighted by molar-refractivity contribution is 0.303. The molecule has 0 amide bonds. The molecule has 0 aliphatic heterocycles. The quantitative estimate of drug-likeness (QED) is 0.868. The van der Waals surface area contributed by atoms with E-state index in [0.717, 1.165) is 17.9 Å². The minimum absolute atomic E-state index is 0.175. The van der Waals surface area contributed by atoms with Crippen molar-refractivity contribution < 1.29 is 4.42 Å². The van der Waals surface area contributed by atoms with Crippen LogP contribution in [0.25, 0.3) is 11.0 Å². The van der Waals surface area contributed by atoms with E-state index in [4.69, 9.17) is 10.2 Å². The van der Waals surface area contributed by atoms with Crippen LogP contribution in [0.15, 0.2) is 28.7 Å². The maximum absolute atomic E-state index is 6.14. The molecule has 0 bridgehead atoms. The molecular formula is C16H21NO. The average Bonchev–Trinajstić information content (AvgIpc) is 2.79. The molecular weight excluding hydrogens is 222 g/mol. The smallest absolute Gasteiger partial charge is 0.134 e. The largest absolute Gasteiger partial charge is 0.461 e. The molecule has 96 valence electrons. The van der Waals surface area contributed by atoms with Crippen molar-refractivity contribution in [3.63, 3.8) is 0 Å². The summed E-state index contributed by atoms with van der Waals surface area (Å²) < 4.78 is 5.75. The van der Waals surface area contributed by atoms with Crippen molar-refractivity contribution >= 4 is 11.0 Å². The minimum atomic E-state index is 0.175. The van der Waals surface area contributed by atoms with E-state index in [0.29, 0.717) is 0 Å². The Hall–Kier alpha value is -1.28. The van der Waals surface area contributed by atoms with Crippen LogP contribution in [0.5, 0.6) is 0 Å². The summed E-state index contributed by atoms with van der Waals surface area (Å²) in [6.07, 6.45) is 6.37. The molecule has 0 unspecified atom stereocenters. The summed E-state index contributed by atoms with van der Waals surface area (Å²) in [4.78, 5) is 0. The van der Waals surface area contributed by atoms with Gasteiger partial charge in [0.05, 0.1) is 0 Å². The maximum Gasteiger partial charge on any atom is 0.134 e. The van der Waals surface area contributed by atoms with Crippen molar-refractivity contribution in [3.8, 4) is 0 Å². The first-order valence-corrected chi connectivity index (χ1v) is 6.95. The summed E-state index contributed by atoms with van der Waals surface area (Å²) >= 11 is 0. The van der Waals surface area contributed by atoms with Gasteiger partial charge in [0, 0.05) is 17.3 Å². The molecule has 3 rings (SSSR count). The number of benzene rings is 1. The zero-order valence-corrected chi connectivity index (χ0v) is 11.0. The van der Waals surface area contributed by atoms with Crippen molar-refractivity contribution in [3.05, 3.63) is 35.6 Å². The lowest BCUT2D eigenvalue weighted by atomic mass is 9.68. The highest BCUT2D eigenvalue weighted by atomic mass is 16.3. The second-order valence-corrected chi connectivity index (χ2v) is 5.62. The number of hydrogen-bond acceptors (Lipinski definition) is 2. The van der Waals surface area contributed by atoms with E-state index >= 15 is 0 Å². The van der Waals surface area contributed by atoms with Crippen molar-refractivity contribution in [1.82, 2.24) is 0 Å². The lowest BCUT2D eigenvalue weighted by Crippen LogP contribution is -2.37. The highest BCUT2D eigenvalue weighted by Crippen LogP contribution is 2.42. The number of rotatable bonds is 2. The Labute approximate surface area is 108 Å². The molecule has 1 aromatic heterocycles. The van der Waals surface area contributed by atoms with Crippen LogP contribution in [0, 0.1) is 6.92 Å². The fraction of sp³-hybridized carbons (Fsp3) is 0.500. The molecule has 1 aliphatic carbocycles. The predicted octanol–water partition coefficient (Wildman–Crippen LogP) is 3.90. The molecule has 1 heterocycles. The molecule has 18 heavy (non-hydrogen) atoms. The topological polar surface area (TPSA) is 39.2 Å². The van der Waals surface area contributed by atoms with E-state index in [1.165, 1.54) is 43.1 Å². The molecule has 2 N–H and O–H groups in total. The number of nitrogens with two attached hydrogens (primary N) is 1. The van der Waals surface area contributed by atoms with Gasteiger partial charge in [0.1, 0.15) is 11.3 Å². The Morgan fingerprint density at radius 1 is 1.22 bits per heavy atom. The number of fused-ring (bicyclic) bond motifs is 1. The van der Waals surface area contributed by atoms with Crippen LogP contribution in [-0.4, -0.2) is 6.54 Å². The maximum atomic E-state index is 6.14. The van der Waals surface area contributed by atoms with E-state index in [1.54, 1.807) is 0 Å². The highest BCUT2D eigenvalue weighted by molar-refractivity contribution is 5.83. The third kappa shape index (κ3) is 1.76. The Bertz CT molecular complexity index is 549.